The number of hydrogen-bond acceptors (Lipinski definition) is 6. The summed E-state index contributed by atoms with van der Waals surface area (Å²) in [6, 6.07) is 18.6. The van der Waals surface area contributed by atoms with E-state index < -0.39 is 55.4 Å². The maximum absolute atomic E-state index is 14.4. The van der Waals surface area contributed by atoms with Gasteiger partial charge in [0.2, 0.25) is 20.0 Å². The largest absolute Gasteiger partial charge is 0.487 e. The highest BCUT2D eigenvalue weighted by Gasteiger charge is 2.39. The predicted molar refractivity (Wildman–Crippen MR) is 142 cm³/mol. The number of rotatable bonds is 7. The fourth-order valence-corrected chi connectivity index (χ4v) is 7.50. The van der Waals surface area contributed by atoms with Crippen molar-refractivity contribution >= 4 is 20.0 Å². The van der Waals surface area contributed by atoms with Gasteiger partial charge in [-0.05, 0) is 42.3 Å². The number of aliphatic hydroxyl groups is 1. The molecule has 0 aromatic heterocycles. The van der Waals surface area contributed by atoms with E-state index in [2.05, 4.69) is 0 Å². The second-order valence-corrected chi connectivity index (χ2v) is 13.4. The summed E-state index contributed by atoms with van der Waals surface area (Å²) in [6.45, 7) is 2.80. The first-order chi connectivity index (χ1) is 18.0. The van der Waals surface area contributed by atoms with Crippen LogP contribution in [0.2, 0.25) is 0 Å². The molecule has 0 bridgehead atoms. The molecule has 0 unspecified atom stereocenters. The zero-order valence-corrected chi connectivity index (χ0v) is 23.0. The smallest absolute Gasteiger partial charge is 0.247 e. The summed E-state index contributed by atoms with van der Waals surface area (Å²) in [4.78, 5) is -0.528. The molecule has 0 amide bonds. The van der Waals surface area contributed by atoms with Gasteiger partial charge in [0.05, 0.1) is 13.2 Å². The number of likely N-dealkylation sites (N-methyl/N-ethyl adjacent to an activating group) is 1. The maximum atomic E-state index is 14.4. The van der Waals surface area contributed by atoms with Crippen LogP contribution in [0.3, 0.4) is 0 Å². The van der Waals surface area contributed by atoms with Crippen molar-refractivity contribution in [2.24, 2.45) is 5.92 Å². The minimum Gasteiger partial charge on any atom is -0.487 e. The van der Waals surface area contributed by atoms with Crippen LogP contribution in [-0.4, -0.2) is 69.4 Å². The molecular formula is C27H31FN2O6S2. The molecule has 11 heteroatoms. The second-order valence-electron chi connectivity index (χ2n) is 9.48. The van der Waals surface area contributed by atoms with Crippen LogP contribution in [0.1, 0.15) is 13.8 Å². The van der Waals surface area contributed by atoms with Gasteiger partial charge in [0, 0.05) is 25.6 Å². The Bertz CT molecular complexity index is 1500. The topological polar surface area (TPSA) is 104 Å². The number of halogens is 1. The summed E-state index contributed by atoms with van der Waals surface area (Å²) in [6.07, 6.45) is -0.782. The summed E-state index contributed by atoms with van der Waals surface area (Å²) in [5, 5.41) is 9.82. The molecule has 4 rings (SSSR count). The average molecular weight is 563 g/mol. The van der Waals surface area contributed by atoms with Crippen LogP contribution < -0.4 is 4.74 Å². The Morgan fingerprint density at radius 3 is 2.39 bits per heavy atom. The van der Waals surface area contributed by atoms with E-state index in [9.17, 15) is 26.3 Å². The van der Waals surface area contributed by atoms with Gasteiger partial charge < -0.3 is 9.84 Å². The zero-order valence-electron chi connectivity index (χ0n) is 21.4. The minimum atomic E-state index is -4.19. The average Bonchev–Trinajstić information content (AvgIpc) is 2.90. The van der Waals surface area contributed by atoms with E-state index >= 15 is 0 Å². The van der Waals surface area contributed by atoms with Gasteiger partial charge in [-0.25, -0.2) is 21.2 Å². The van der Waals surface area contributed by atoms with Crippen molar-refractivity contribution in [1.82, 2.24) is 8.61 Å². The molecule has 1 aliphatic rings. The molecule has 3 atom stereocenters. The Balaban J connectivity index is 1.78. The number of hydrogen-bond donors (Lipinski definition) is 1. The van der Waals surface area contributed by atoms with Gasteiger partial charge in [-0.2, -0.15) is 8.61 Å². The van der Waals surface area contributed by atoms with E-state index in [4.69, 9.17) is 4.74 Å². The van der Waals surface area contributed by atoms with E-state index in [0.29, 0.717) is 0 Å². The number of ether oxygens (including phenoxy) is 1. The van der Waals surface area contributed by atoms with Crippen LogP contribution in [0.5, 0.6) is 5.75 Å². The Kier molecular flexibility index (Phi) is 8.24. The molecule has 0 aliphatic carbocycles. The predicted octanol–water partition coefficient (Wildman–Crippen LogP) is 3.58. The summed E-state index contributed by atoms with van der Waals surface area (Å²) in [7, 11) is -6.90. The molecule has 0 saturated carbocycles. The molecule has 0 spiro atoms. The third kappa shape index (κ3) is 5.48. The molecule has 1 aliphatic heterocycles. The normalized spacial score (nSPS) is 20.7. The van der Waals surface area contributed by atoms with Crippen molar-refractivity contribution in [1.29, 1.82) is 0 Å². The number of benzene rings is 3. The first-order valence-electron chi connectivity index (χ1n) is 12.2. The van der Waals surface area contributed by atoms with Crippen molar-refractivity contribution in [2.45, 2.75) is 35.8 Å². The van der Waals surface area contributed by atoms with Gasteiger partial charge in [-0.1, -0.05) is 55.5 Å². The fraction of sp³-hybridized carbons (Fsp3) is 0.333. The summed E-state index contributed by atoms with van der Waals surface area (Å²) in [5.74, 6) is -1.27. The van der Waals surface area contributed by atoms with Crippen LogP contribution >= 0.6 is 0 Å². The fourth-order valence-electron chi connectivity index (χ4n) is 4.43. The first-order valence-corrected chi connectivity index (χ1v) is 15.0. The standard InChI is InChI=1S/C27H31FN2O6S2/c1-19-16-30(20(2)18-31)38(34,35)27-14-13-22(21-9-5-4-6-10-21)15-24(27)36-25(19)17-29(3)37(32,33)26-12-8-7-11-23(26)28/h4-15,19-20,25,31H,16-18H2,1-3H3/t19-,20-,25+/m0/s1. The maximum Gasteiger partial charge on any atom is 0.247 e. The van der Waals surface area contributed by atoms with Crippen LogP contribution in [0.15, 0.2) is 82.6 Å². The van der Waals surface area contributed by atoms with Crippen LogP contribution in [0.25, 0.3) is 11.1 Å². The van der Waals surface area contributed by atoms with Gasteiger partial charge in [0.25, 0.3) is 0 Å². The molecule has 1 N–H and O–H groups in total. The van der Waals surface area contributed by atoms with Crippen LogP contribution in [0, 0.1) is 11.7 Å². The van der Waals surface area contributed by atoms with Gasteiger partial charge >= 0.3 is 0 Å². The highest BCUT2D eigenvalue weighted by atomic mass is 32.2. The lowest BCUT2D eigenvalue weighted by Gasteiger charge is -2.37. The highest BCUT2D eigenvalue weighted by Crippen LogP contribution is 2.36. The Morgan fingerprint density at radius 1 is 1.08 bits per heavy atom. The molecule has 0 fully saturated rings. The monoisotopic (exact) mass is 562 g/mol. The van der Waals surface area contributed by atoms with Crippen molar-refractivity contribution in [2.75, 3.05) is 26.7 Å². The molecule has 204 valence electrons. The van der Waals surface area contributed by atoms with Crippen LogP contribution in [0.4, 0.5) is 4.39 Å². The van der Waals surface area contributed by atoms with Gasteiger partial charge in [0.1, 0.15) is 27.5 Å². The van der Waals surface area contributed by atoms with Gasteiger partial charge in [-0.3, -0.25) is 0 Å². The van der Waals surface area contributed by atoms with Crippen molar-refractivity contribution in [3.05, 3.63) is 78.6 Å². The lowest BCUT2D eigenvalue weighted by molar-refractivity contribution is 0.0904. The first kappa shape index (κ1) is 28.2. The third-order valence-electron chi connectivity index (χ3n) is 6.74. The molecule has 0 saturated heterocycles. The number of fused-ring (bicyclic) bond motifs is 1. The highest BCUT2D eigenvalue weighted by molar-refractivity contribution is 7.89. The van der Waals surface area contributed by atoms with E-state index in [0.717, 1.165) is 21.5 Å². The lowest BCUT2D eigenvalue weighted by Crippen LogP contribution is -2.50. The van der Waals surface area contributed by atoms with Crippen LogP contribution in [-0.2, 0) is 20.0 Å². The lowest BCUT2D eigenvalue weighted by atomic mass is 10.0. The van der Waals surface area contributed by atoms with Crippen molar-refractivity contribution in [3.63, 3.8) is 0 Å². The second kappa shape index (κ2) is 11.1. The van der Waals surface area contributed by atoms with Gasteiger partial charge in [-0.15, -0.1) is 0 Å². The molecular weight excluding hydrogens is 531 g/mol. The van der Waals surface area contributed by atoms with Crippen molar-refractivity contribution < 1.29 is 31.1 Å². The number of nitrogens with zero attached hydrogens (tertiary/aromatic N) is 2. The molecule has 8 nitrogen and oxygen atoms in total. The summed E-state index contributed by atoms with van der Waals surface area (Å²) < 4.78 is 76.6. The zero-order chi connectivity index (χ0) is 27.7. The number of sulfonamides is 2. The molecule has 3 aromatic carbocycles. The Labute approximate surface area is 223 Å². The van der Waals surface area contributed by atoms with E-state index in [1.54, 1.807) is 26.0 Å². The molecule has 38 heavy (non-hydrogen) atoms. The minimum absolute atomic E-state index is 0.0117. The quantitative estimate of drug-likeness (QED) is 0.472. The third-order valence-corrected chi connectivity index (χ3v) is 10.6. The van der Waals surface area contributed by atoms with Gasteiger partial charge in [0.15, 0.2) is 0 Å². The Morgan fingerprint density at radius 2 is 1.74 bits per heavy atom. The van der Waals surface area contributed by atoms with E-state index in [1.165, 1.54) is 35.6 Å². The summed E-state index contributed by atoms with van der Waals surface area (Å²) in [5.41, 5.74) is 1.57. The van der Waals surface area contributed by atoms with Crippen molar-refractivity contribution in [3.8, 4) is 16.9 Å². The summed E-state index contributed by atoms with van der Waals surface area (Å²) >= 11 is 0. The molecule has 0 radical (unpaired) electrons. The van der Waals surface area contributed by atoms with E-state index in [1.807, 2.05) is 30.3 Å². The molecule has 3 aromatic rings. The van der Waals surface area contributed by atoms with E-state index in [-0.39, 0.29) is 23.7 Å². The number of aliphatic hydroxyl groups excluding tert-OH is 1. The molecule has 1 heterocycles. The Hall–Kier alpha value is -2.83. The SMILES string of the molecule is C[C@H]1CN([C@@H](C)CO)S(=O)(=O)c2ccc(-c3ccccc3)cc2O[C@@H]1CN(C)S(=O)(=O)c1ccccc1F.